The van der Waals surface area contributed by atoms with Gasteiger partial charge >= 0.3 is 18.0 Å². The Labute approximate surface area is 376 Å². The number of urea groups is 1. The largest absolute Gasteiger partial charge is 0.508 e. The predicted octanol–water partition coefficient (Wildman–Crippen LogP) is 1.04. The fourth-order valence-electron chi connectivity index (χ4n) is 6.93. The van der Waals surface area contributed by atoms with Gasteiger partial charge in [-0.05, 0) is 80.5 Å². The van der Waals surface area contributed by atoms with E-state index in [-0.39, 0.29) is 63.0 Å². The molecule has 0 aromatic heterocycles. The number of phenols is 1. The van der Waals surface area contributed by atoms with Gasteiger partial charge in [-0.1, -0.05) is 62.7 Å². The van der Waals surface area contributed by atoms with E-state index in [9.17, 15) is 52.8 Å². The number of esters is 1. The Balaban J connectivity index is 2.09. The van der Waals surface area contributed by atoms with Crippen molar-refractivity contribution in [2.24, 2.45) is 5.92 Å². The molecule has 2 aromatic rings. The van der Waals surface area contributed by atoms with Crippen LogP contribution in [0.1, 0.15) is 76.8 Å². The Morgan fingerprint density at radius 3 is 2.09 bits per heavy atom. The third-order valence-corrected chi connectivity index (χ3v) is 11.8. The van der Waals surface area contributed by atoms with Crippen LogP contribution in [0.25, 0.3) is 0 Å². The average molecular weight is 914 g/mol. The molecule has 8 N–H and O–H groups in total. The highest BCUT2D eigenvalue weighted by Crippen LogP contribution is 2.17. The van der Waals surface area contributed by atoms with E-state index >= 15 is 0 Å². The molecule has 0 spiro atoms. The van der Waals surface area contributed by atoms with E-state index < -0.39 is 107 Å². The van der Waals surface area contributed by atoms with Gasteiger partial charge in [0.2, 0.25) is 29.5 Å². The summed E-state index contributed by atoms with van der Waals surface area (Å²) in [4.78, 5) is 109. The number of nitrogens with zero attached hydrogens (tertiary/aromatic N) is 1. The van der Waals surface area contributed by atoms with Gasteiger partial charge in [-0.2, -0.15) is 0 Å². The van der Waals surface area contributed by atoms with Crippen LogP contribution in [0.4, 0.5) is 4.79 Å². The molecule has 1 unspecified atom stereocenters. The summed E-state index contributed by atoms with van der Waals surface area (Å²) in [5.41, 5.74) is 1.56. The first kappa shape index (κ1) is 52.3. The van der Waals surface area contributed by atoms with Crippen LogP contribution in [0.5, 0.6) is 5.75 Å². The molecule has 352 valence electrons. The summed E-state index contributed by atoms with van der Waals surface area (Å²) in [6.45, 7) is 4.02. The van der Waals surface area contributed by atoms with Crippen LogP contribution in [0, 0.1) is 5.92 Å². The molecule has 3 rings (SSSR count). The van der Waals surface area contributed by atoms with Crippen molar-refractivity contribution >= 4 is 58.3 Å². The molecule has 1 aliphatic rings. The maximum Gasteiger partial charge on any atom is 0.326 e. The van der Waals surface area contributed by atoms with Crippen molar-refractivity contribution < 1.29 is 57.5 Å². The number of carboxylic acids is 1. The second-order valence-corrected chi connectivity index (χ2v) is 17.5. The van der Waals surface area contributed by atoms with Gasteiger partial charge in [0.1, 0.15) is 48.6 Å². The number of aliphatic carboxylic acids is 1. The second kappa shape index (κ2) is 26.5. The van der Waals surface area contributed by atoms with E-state index in [1.807, 2.05) is 30.3 Å². The van der Waals surface area contributed by atoms with Gasteiger partial charge in [-0.15, -0.1) is 0 Å². The Kier molecular flexibility index (Phi) is 21.7. The molecular weight excluding hydrogens is 851 g/mol. The molecule has 0 radical (unpaired) electrons. The number of phenolic OH excluding ortho intramolecular Hbond substituents is 1. The van der Waals surface area contributed by atoms with Crippen molar-refractivity contribution in [1.82, 2.24) is 36.8 Å². The SMILES string of the molecule is CC[C@@H](C)[C@@H](NC(=O)N[C@@H]1CCCCNC(=O)[C@H](COC(C)=O)NC(=O)[C@H](CCc2ccc(O)cc2)N(C)C(=O)[C@H](CCc2ccccc2)NC(=O)[C@H](CCS(C)=O)NC1=O)C(=O)O. The second-order valence-electron chi connectivity index (χ2n) is 15.9. The van der Waals surface area contributed by atoms with Crippen LogP contribution in [0.3, 0.4) is 0 Å². The molecule has 0 aliphatic carbocycles. The highest BCUT2D eigenvalue weighted by atomic mass is 32.2. The smallest absolute Gasteiger partial charge is 0.326 e. The molecular formula is C44H63N7O12S. The van der Waals surface area contributed by atoms with Crippen LogP contribution in [-0.2, 0) is 61.9 Å². The molecule has 7 amide bonds. The van der Waals surface area contributed by atoms with Crippen LogP contribution in [-0.4, -0.2) is 135 Å². The summed E-state index contributed by atoms with van der Waals surface area (Å²) in [5, 5.41) is 35.3. The van der Waals surface area contributed by atoms with Crippen LogP contribution < -0.4 is 31.9 Å². The standard InChI is InChI=1S/C44H63N7O12S/c1-6-27(2)37(43(59)60)50-44(61)49-32-14-10-11-24-45-38(54)35(26-63-28(3)52)48-41(57)36(22-18-30-15-19-31(53)20-16-30)51(4)42(58)34(21-17-29-12-8-7-9-13-29)47-40(56)33(46-39(32)55)23-25-64(5)62/h7-9,12-13,15-16,19-20,27,32-37,53H,6,10-11,14,17-18,21-26H2,1-5H3,(H,45,54)(H,46,55)(H,47,56)(H,48,57)(H,59,60)(H2,49,50,61)/t27-,32-,33+,34+,35+,36+,37-,64?/m1/s1. The third kappa shape index (κ3) is 17.6. The Bertz CT molecular complexity index is 1940. The molecule has 64 heavy (non-hydrogen) atoms. The minimum atomic E-state index is -1.42. The Hall–Kier alpha value is -6.05. The lowest BCUT2D eigenvalue weighted by molar-refractivity contribution is -0.146. The molecule has 1 aliphatic heterocycles. The van der Waals surface area contributed by atoms with Gasteiger partial charge in [0, 0.05) is 43.3 Å². The fourth-order valence-corrected chi connectivity index (χ4v) is 7.50. The summed E-state index contributed by atoms with van der Waals surface area (Å²) in [6.07, 6.45) is 2.74. The van der Waals surface area contributed by atoms with E-state index in [0.717, 1.165) is 23.0 Å². The van der Waals surface area contributed by atoms with E-state index in [4.69, 9.17) is 4.74 Å². The molecule has 1 saturated heterocycles. The van der Waals surface area contributed by atoms with Gasteiger partial charge < -0.3 is 51.8 Å². The molecule has 2 aromatic carbocycles. The van der Waals surface area contributed by atoms with Crippen LogP contribution in [0.15, 0.2) is 54.6 Å². The lowest BCUT2D eigenvalue weighted by Crippen LogP contribution is -2.60. The first-order valence-corrected chi connectivity index (χ1v) is 23.1. The number of ether oxygens (including phenoxy) is 1. The molecule has 0 saturated carbocycles. The van der Waals surface area contributed by atoms with Gasteiger partial charge in [-0.3, -0.25) is 33.0 Å². The summed E-state index contributed by atoms with van der Waals surface area (Å²) >= 11 is 0. The quantitative estimate of drug-likeness (QED) is 0.110. The molecule has 8 atom stereocenters. The van der Waals surface area contributed by atoms with Crippen LogP contribution in [0.2, 0.25) is 0 Å². The van der Waals surface area contributed by atoms with E-state index in [2.05, 4.69) is 31.9 Å². The fraction of sp³-hybridized carbons (Fsp3) is 0.545. The minimum absolute atomic E-state index is 0.0139. The molecule has 19 nitrogen and oxygen atoms in total. The normalized spacial score (nSPS) is 22.1. The summed E-state index contributed by atoms with van der Waals surface area (Å²) in [7, 11) is -0.0367. The molecule has 1 heterocycles. The first-order chi connectivity index (χ1) is 30.4. The average Bonchev–Trinajstić information content (AvgIpc) is 3.26. The number of carbonyl (C=O) groups excluding carboxylic acids is 7. The van der Waals surface area contributed by atoms with Crippen molar-refractivity contribution in [1.29, 1.82) is 0 Å². The zero-order valence-corrected chi connectivity index (χ0v) is 37.9. The van der Waals surface area contributed by atoms with Crippen LogP contribution >= 0.6 is 0 Å². The zero-order chi connectivity index (χ0) is 47.3. The number of rotatable bonds is 16. The maximum atomic E-state index is 14.7. The van der Waals surface area contributed by atoms with Gasteiger partial charge in [0.05, 0.1) is 0 Å². The van der Waals surface area contributed by atoms with Crippen molar-refractivity contribution in [3.8, 4) is 5.75 Å². The number of amides is 7. The summed E-state index contributed by atoms with van der Waals surface area (Å²) in [5.74, 6) is -6.22. The van der Waals surface area contributed by atoms with Crippen molar-refractivity contribution in [2.45, 2.75) is 115 Å². The number of hydrogen-bond donors (Lipinski definition) is 8. The molecule has 1 fully saturated rings. The molecule has 20 heteroatoms. The van der Waals surface area contributed by atoms with Crippen molar-refractivity contribution in [2.75, 3.05) is 32.2 Å². The van der Waals surface area contributed by atoms with E-state index in [1.165, 1.54) is 25.4 Å². The predicted molar refractivity (Wildman–Crippen MR) is 237 cm³/mol. The zero-order valence-electron chi connectivity index (χ0n) is 37.1. The topological polar surface area (TPSA) is 279 Å². The van der Waals surface area contributed by atoms with Gasteiger partial charge in [0.25, 0.3) is 0 Å². The first-order valence-electron chi connectivity index (χ1n) is 21.4. The third-order valence-electron chi connectivity index (χ3n) is 11.0. The number of aryl methyl sites for hydroxylation is 2. The van der Waals surface area contributed by atoms with Gasteiger partial charge in [0.15, 0.2) is 0 Å². The summed E-state index contributed by atoms with van der Waals surface area (Å²) in [6, 6.07) is 6.56. The lowest BCUT2D eigenvalue weighted by Gasteiger charge is -2.32. The number of hydrogen-bond acceptors (Lipinski definition) is 11. The maximum absolute atomic E-state index is 14.7. The Morgan fingerprint density at radius 2 is 1.47 bits per heavy atom. The monoisotopic (exact) mass is 913 g/mol. The number of likely N-dealkylation sites (N-methyl/N-ethyl adjacent to an activating group) is 1. The van der Waals surface area contributed by atoms with Crippen molar-refractivity contribution in [3.63, 3.8) is 0 Å². The lowest BCUT2D eigenvalue weighted by atomic mass is 9.99. The van der Waals surface area contributed by atoms with Crippen molar-refractivity contribution in [3.05, 3.63) is 65.7 Å². The number of carboxylic acid groups (broad SMARTS) is 1. The number of benzene rings is 2. The Morgan fingerprint density at radius 1 is 0.844 bits per heavy atom. The van der Waals surface area contributed by atoms with E-state index in [1.54, 1.807) is 26.0 Å². The minimum Gasteiger partial charge on any atom is -0.508 e. The number of carbonyl (C=O) groups is 8. The summed E-state index contributed by atoms with van der Waals surface area (Å²) < 4.78 is 17.5. The van der Waals surface area contributed by atoms with Gasteiger partial charge in [-0.25, -0.2) is 9.59 Å². The molecule has 0 bridgehead atoms. The number of aromatic hydroxyl groups is 1. The number of nitrogens with one attached hydrogen (secondary N) is 6. The van der Waals surface area contributed by atoms with E-state index in [0.29, 0.717) is 12.8 Å². The highest BCUT2D eigenvalue weighted by molar-refractivity contribution is 7.84. The highest BCUT2D eigenvalue weighted by Gasteiger charge is 2.36.